The second-order valence-corrected chi connectivity index (χ2v) is 5.81. The maximum absolute atomic E-state index is 5.41. The number of rotatable bonds is 4. The van der Waals surface area contributed by atoms with Gasteiger partial charge < -0.3 is 10.1 Å². The lowest BCUT2D eigenvalue weighted by Crippen LogP contribution is -2.09. The molecule has 100 valence electrons. The zero-order valence-electron chi connectivity index (χ0n) is 11.4. The predicted octanol–water partition coefficient (Wildman–Crippen LogP) is 4.78. The van der Waals surface area contributed by atoms with Gasteiger partial charge in [0.25, 0.3) is 0 Å². The smallest absolute Gasteiger partial charge is 0.124 e. The van der Waals surface area contributed by atoms with Crippen LogP contribution in [0.2, 0.25) is 0 Å². The average Bonchev–Trinajstić information content (AvgIpc) is 2.41. The number of para-hydroxylation sites is 1. The van der Waals surface area contributed by atoms with E-state index in [-0.39, 0.29) is 6.04 Å². The van der Waals surface area contributed by atoms with E-state index in [1.54, 1.807) is 7.11 Å². The van der Waals surface area contributed by atoms with Gasteiger partial charge in [-0.2, -0.15) is 0 Å². The summed E-state index contributed by atoms with van der Waals surface area (Å²) in [5.41, 5.74) is 3.59. The first kappa shape index (κ1) is 14.2. The molecule has 0 aliphatic heterocycles. The van der Waals surface area contributed by atoms with Gasteiger partial charge in [-0.1, -0.05) is 18.2 Å². The Kier molecular flexibility index (Phi) is 4.69. The molecule has 2 aromatic carbocycles. The Balaban J connectivity index is 2.23. The van der Waals surface area contributed by atoms with Gasteiger partial charge in [0.1, 0.15) is 5.75 Å². The number of anilines is 1. The van der Waals surface area contributed by atoms with Crippen molar-refractivity contribution in [3.05, 3.63) is 57.2 Å². The monoisotopic (exact) mass is 367 g/mol. The fourth-order valence-electron chi connectivity index (χ4n) is 2.12. The lowest BCUT2D eigenvalue weighted by Gasteiger charge is -2.19. The summed E-state index contributed by atoms with van der Waals surface area (Å²) in [6.45, 7) is 4.27. The summed E-state index contributed by atoms with van der Waals surface area (Å²) in [6, 6.07) is 14.7. The number of benzene rings is 2. The van der Waals surface area contributed by atoms with Gasteiger partial charge in [-0.15, -0.1) is 0 Å². The summed E-state index contributed by atoms with van der Waals surface area (Å²) in [5.74, 6) is 0.922. The zero-order valence-corrected chi connectivity index (χ0v) is 13.6. The number of methoxy groups -OCH3 is 1. The summed E-state index contributed by atoms with van der Waals surface area (Å²) in [4.78, 5) is 0. The van der Waals surface area contributed by atoms with Gasteiger partial charge in [-0.05, 0) is 66.3 Å². The summed E-state index contributed by atoms with van der Waals surface area (Å²) in [7, 11) is 1.71. The average molecular weight is 367 g/mol. The molecule has 0 radical (unpaired) electrons. The van der Waals surface area contributed by atoms with Gasteiger partial charge in [0.05, 0.1) is 13.2 Å². The van der Waals surface area contributed by atoms with Crippen molar-refractivity contribution in [3.63, 3.8) is 0 Å². The fourth-order valence-corrected chi connectivity index (χ4v) is 2.77. The minimum atomic E-state index is 0.204. The van der Waals surface area contributed by atoms with Gasteiger partial charge in [0.15, 0.2) is 0 Å². The van der Waals surface area contributed by atoms with Crippen LogP contribution in [0.4, 0.5) is 5.69 Å². The van der Waals surface area contributed by atoms with Crippen molar-refractivity contribution in [3.8, 4) is 5.75 Å². The molecule has 0 aliphatic rings. The van der Waals surface area contributed by atoms with Crippen molar-refractivity contribution in [2.24, 2.45) is 0 Å². The number of ether oxygens (including phenoxy) is 1. The van der Waals surface area contributed by atoms with Crippen LogP contribution in [0.5, 0.6) is 5.75 Å². The van der Waals surface area contributed by atoms with Crippen molar-refractivity contribution in [1.29, 1.82) is 0 Å². The minimum Gasteiger partial charge on any atom is -0.496 e. The van der Waals surface area contributed by atoms with E-state index in [2.05, 4.69) is 66.0 Å². The maximum Gasteiger partial charge on any atom is 0.124 e. The molecule has 19 heavy (non-hydrogen) atoms. The quantitative estimate of drug-likeness (QED) is 0.786. The highest BCUT2D eigenvalue weighted by atomic mass is 127. The first-order valence-corrected chi connectivity index (χ1v) is 7.35. The van der Waals surface area contributed by atoms with Crippen LogP contribution in [0, 0.1) is 10.5 Å². The van der Waals surface area contributed by atoms with Crippen LogP contribution >= 0.6 is 22.6 Å². The van der Waals surface area contributed by atoms with E-state index in [9.17, 15) is 0 Å². The Hall–Kier alpha value is -1.23. The largest absolute Gasteiger partial charge is 0.496 e. The molecule has 0 fully saturated rings. The first-order valence-electron chi connectivity index (χ1n) is 6.27. The van der Waals surface area contributed by atoms with Gasteiger partial charge in [0, 0.05) is 14.8 Å². The Morgan fingerprint density at radius 1 is 1.16 bits per heavy atom. The van der Waals surface area contributed by atoms with E-state index in [1.165, 1.54) is 20.4 Å². The van der Waals surface area contributed by atoms with Crippen molar-refractivity contribution in [2.75, 3.05) is 12.4 Å². The zero-order chi connectivity index (χ0) is 13.8. The molecule has 0 aliphatic carbocycles. The molecule has 1 unspecified atom stereocenters. The molecule has 0 amide bonds. The molecule has 2 nitrogen and oxygen atoms in total. The topological polar surface area (TPSA) is 21.3 Å². The van der Waals surface area contributed by atoms with Crippen LogP contribution in [0.3, 0.4) is 0 Å². The van der Waals surface area contributed by atoms with Crippen LogP contribution in [-0.2, 0) is 0 Å². The SMILES string of the molecule is COc1ccccc1C(C)Nc1ccc(I)cc1C. The number of nitrogens with one attached hydrogen (secondary N) is 1. The number of hydrogen-bond acceptors (Lipinski definition) is 2. The van der Waals surface area contributed by atoms with Gasteiger partial charge in [-0.3, -0.25) is 0 Å². The molecule has 2 aromatic rings. The lowest BCUT2D eigenvalue weighted by molar-refractivity contribution is 0.408. The van der Waals surface area contributed by atoms with Crippen LogP contribution in [0.15, 0.2) is 42.5 Å². The molecule has 3 heteroatoms. The van der Waals surface area contributed by atoms with Crippen molar-refractivity contribution < 1.29 is 4.74 Å². The third kappa shape index (κ3) is 3.41. The van der Waals surface area contributed by atoms with Gasteiger partial charge in [-0.25, -0.2) is 0 Å². The predicted molar refractivity (Wildman–Crippen MR) is 88.9 cm³/mol. The Bertz CT molecular complexity index is 568. The molecule has 1 atom stereocenters. The molecular weight excluding hydrogens is 349 g/mol. The highest BCUT2D eigenvalue weighted by Gasteiger charge is 2.11. The number of aryl methyl sites for hydroxylation is 1. The molecule has 0 heterocycles. The third-order valence-corrected chi connectivity index (χ3v) is 3.84. The van der Waals surface area contributed by atoms with Crippen LogP contribution in [-0.4, -0.2) is 7.11 Å². The lowest BCUT2D eigenvalue weighted by atomic mass is 10.1. The van der Waals surface area contributed by atoms with Crippen molar-refractivity contribution in [1.82, 2.24) is 0 Å². The molecule has 1 N–H and O–H groups in total. The highest BCUT2D eigenvalue weighted by Crippen LogP contribution is 2.28. The van der Waals surface area contributed by atoms with E-state index in [1.807, 2.05) is 18.2 Å². The molecule has 0 aromatic heterocycles. The van der Waals surface area contributed by atoms with Gasteiger partial charge >= 0.3 is 0 Å². The van der Waals surface area contributed by atoms with Crippen molar-refractivity contribution in [2.45, 2.75) is 19.9 Å². The van der Waals surface area contributed by atoms with E-state index in [0.29, 0.717) is 0 Å². The van der Waals surface area contributed by atoms with Crippen molar-refractivity contribution >= 4 is 28.3 Å². The molecule has 0 spiro atoms. The van der Waals surface area contributed by atoms with Gasteiger partial charge in [0.2, 0.25) is 0 Å². The summed E-state index contributed by atoms with van der Waals surface area (Å²) >= 11 is 2.33. The molecule has 2 rings (SSSR count). The van der Waals surface area contributed by atoms with E-state index < -0.39 is 0 Å². The summed E-state index contributed by atoms with van der Waals surface area (Å²) < 4.78 is 6.67. The fraction of sp³-hybridized carbons (Fsp3) is 0.250. The summed E-state index contributed by atoms with van der Waals surface area (Å²) in [5, 5.41) is 3.55. The van der Waals surface area contributed by atoms with Crippen LogP contribution < -0.4 is 10.1 Å². The highest BCUT2D eigenvalue weighted by molar-refractivity contribution is 14.1. The third-order valence-electron chi connectivity index (χ3n) is 3.17. The van der Waals surface area contributed by atoms with E-state index in [4.69, 9.17) is 4.74 Å². The number of halogens is 1. The Labute approximate surface area is 128 Å². The van der Waals surface area contributed by atoms with E-state index >= 15 is 0 Å². The Morgan fingerprint density at radius 2 is 1.89 bits per heavy atom. The maximum atomic E-state index is 5.41. The Morgan fingerprint density at radius 3 is 2.58 bits per heavy atom. The minimum absolute atomic E-state index is 0.204. The second-order valence-electron chi connectivity index (χ2n) is 4.57. The molecule has 0 saturated carbocycles. The first-order chi connectivity index (χ1) is 9.11. The second kappa shape index (κ2) is 6.28. The molecule has 0 bridgehead atoms. The number of hydrogen-bond donors (Lipinski definition) is 1. The normalized spacial score (nSPS) is 12.0. The van der Waals surface area contributed by atoms with E-state index in [0.717, 1.165) is 5.75 Å². The van der Waals surface area contributed by atoms with Crippen LogP contribution in [0.25, 0.3) is 0 Å². The molecule has 0 saturated heterocycles. The summed E-state index contributed by atoms with van der Waals surface area (Å²) in [6.07, 6.45) is 0. The molecular formula is C16H18INO. The standard InChI is InChI=1S/C16H18INO/c1-11-10-13(17)8-9-15(11)18-12(2)14-6-4-5-7-16(14)19-3/h4-10,12,18H,1-3H3. The van der Waals surface area contributed by atoms with Crippen LogP contribution in [0.1, 0.15) is 24.1 Å².